The van der Waals surface area contributed by atoms with Crippen molar-refractivity contribution in [2.75, 3.05) is 18.1 Å². The van der Waals surface area contributed by atoms with Crippen LogP contribution in [0.2, 0.25) is 0 Å². The molecular weight excluding hydrogens is 223 g/mol. The van der Waals surface area contributed by atoms with Gasteiger partial charge in [0.05, 0.1) is 12.4 Å². The summed E-state index contributed by atoms with van der Waals surface area (Å²) in [5, 5.41) is 0. The van der Waals surface area contributed by atoms with Crippen LogP contribution in [0, 0.1) is 12.3 Å². The zero-order valence-corrected chi connectivity index (χ0v) is 10.5. The first-order valence-electron chi connectivity index (χ1n) is 4.15. The third kappa shape index (κ3) is 6.51. The number of hydrogen-bond acceptors (Lipinski definition) is 4. The molecule has 0 fully saturated rings. The summed E-state index contributed by atoms with van der Waals surface area (Å²) in [7, 11) is 0. The van der Waals surface area contributed by atoms with Crippen molar-refractivity contribution in [3.63, 3.8) is 0 Å². The summed E-state index contributed by atoms with van der Waals surface area (Å²) < 4.78 is 17.2. The molecule has 0 aliphatic carbocycles. The predicted octanol–water partition coefficient (Wildman–Crippen LogP) is 3.64. The van der Waals surface area contributed by atoms with Crippen molar-refractivity contribution >= 4 is 28.5 Å². The van der Waals surface area contributed by atoms with E-state index < -0.39 is 5.77 Å². The molecule has 1 atom stereocenters. The van der Waals surface area contributed by atoms with E-state index in [0.29, 0.717) is 12.4 Å². The van der Waals surface area contributed by atoms with Crippen LogP contribution in [-0.4, -0.2) is 18.1 Å². The predicted molar refractivity (Wildman–Crippen MR) is 63.3 cm³/mol. The van der Waals surface area contributed by atoms with Crippen molar-refractivity contribution < 1.29 is 9.09 Å². The molecule has 0 N–H and O–H groups in total. The molecular formula is C8H15O2PS2. The Bertz CT molecular complexity index is 213. The highest BCUT2D eigenvalue weighted by Crippen LogP contribution is 2.69. The van der Waals surface area contributed by atoms with Crippen molar-refractivity contribution in [3.05, 3.63) is 0 Å². The Balaban J connectivity index is 4.01. The summed E-state index contributed by atoms with van der Waals surface area (Å²) in [5.41, 5.74) is 0. The molecule has 0 rings (SSSR count). The van der Waals surface area contributed by atoms with Crippen molar-refractivity contribution in [1.82, 2.24) is 0 Å². The van der Waals surface area contributed by atoms with Gasteiger partial charge in [0.2, 0.25) is 0 Å². The third-order valence-electron chi connectivity index (χ3n) is 1.05. The van der Waals surface area contributed by atoms with Gasteiger partial charge in [-0.05, 0) is 24.7 Å². The molecule has 0 radical (unpaired) electrons. The maximum atomic E-state index is 11.9. The Hall–Kier alpha value is 0.450. The molecule has 1 unspecified atom stereocenters. The largest absolute Gasteiger partial charge is 0.314 e. The van der Waals surface area contributed by atoms with Crippen LogP contribution in [-0.2, 0) is 9.09 Å². The molecule has 0 bridgehead atoms. The molecule has 0 saturated heterocycles. The Labute approximate surface area is 88.5 Å². The molecule has 5 heteroatoms. The summed E-state index contributed by atoms with van der Waals surface area (Å²) in [6.45, 7) is 4.37. The van der Waals surface area contributed by atoms with Crippen molar-refractivity contribution in [3.8, 4) is 12.3 Å². The molecule has 13 heavy (non-hydrogen) atoms. The van der Waals surface area contributed by atoms with E-state index in [4.69, 9.17) is 10.9 Å². The zero-order valence-electron chi connectivity index (χ0n) is 7.99. The second kappa shape index (κ2) is 7.82. The minimum atomic E-state index is -2.56. The minimum Gasteiger partial charge on any atom is -0.314 e. The van der Waals surface area contributed by atoms with Crippen molar-refractivity contribution in [2.24, 2.45) is 0 Å². The number of rotatable bonds is 7. The molecule has 0 spiro atoms. The third-order valence-corrected chi connectivity index (χ3v) is 8.50. The maximum absolute atomic E-state index is 11.9. The summed E-state index contributed by atoms with van der Waals surface area (Å²) in [6, 6.07) is 0. The lowest BCUT2D eigenvalue weighted by molar-refractivity contribution is 0.357. The van der Waals surface area contributed by atoms with Gasteiger partial charge in [-0.15, -0.1) is 6.42 Å². The van der Waals surface area contributed by atoms with Gasteiger partial charge in [0.1, 0.15) is 0 Å². The summed E-state index contributed by atoms with van der Waals surface area (Å²) in [4.78, 5) is 0. The summed E-state index contributed by atoms with van der Waals surface area (Å²) in [6.07, 6.45) is 6.10. The van der Waals surface area contributed by atoms with E-state index in [9.17, 15) is 4.57 Å². The monoisotopic (exact) mass is 238 g/mol. The zero-order chi connectivity index (χ0) is 10.2. The van der Waals surface area contributed by atoms with Crippen LogP contribution in [0.3, 0.4) is 0 Å². The van der Waals surface area contributed by atoms with Crippen LogP contribution in [0.4, 0.5) is 0 Å². The van der Waals surface area contributed by atoms with Crippen LogP contribution >= 0.6 is 28.5 Å². The van der Waals surface area contributed by atoms with Crippen LogP contribution in [0.25, 0.3) is 0 Å². The smallest absolute Gasteiger partial charge is 0.314 e. The average molecular weight is 238 g/mol. The van der Waals surface area contributed by atoms with E-state index in [-0.39, 0.29) is 0 Å². The van der Waals surface area contributed by atoms with Crippen LogP contribution in [0.5, 0.6) is 0 Å². The summed E-state index contributed by atoms with van der Waals surface area (Å²) >= 11 is 2.64. The van der Waals surface area contributed by atoms with Gasteiger partial charge >= 0.3 is 5.77 Å². The highest BCUT2D eigenvalue weighted by atomic mass is 33.1. The second-order valence-corrected chi connectivity index (χ2v) is 9.67. The Morgan fingerprint density at radius 1 is 1.46 bits per heavy atom. The molecule has 0 aliphatic heterocycles. The van der Waals surface area contributed by atoms with E-state index in [1.165, 1.54) is 22.8 Å². The number of terminal acetylenes is 1. The average Bonchev–Trinajstić information content (AvgIpc) is 2.12. The van der Waals surface area contributed by atoms with E-state index >= 15 is 0 Å². The first-order valence-corrected chi connectivity index (χ1v) is 8.96. The molecule has 0 aromatic rings. The van der Waals surface area contributed by atoms with E-state index in [1.807, 2.05) is 6.92 Å². The van der Waals surface area contributed by atoms with Crippen molar-refractivity contribution in [1.29, 1.82) is 0 Å². The molecule has 76 valence electrons. The van der Waals surface area contributed by atoms with Gasteiger partial charge in [-0.3, -0.25) is 4.57 Å². The van der Waals surface area contributed by atoms with Crippen LogP contribution < -0.4 is 0 Å². The lowest BCUT2D eigenvalue weighted by Gasteiger charge is -2.14. The van der Waals surface area contributed by atoms with Gasteiger partial charge in [-0.1, -0.05) is 24.2 Å². The maximum Gasteiger partial charge on any atom is 0.314 e. The van der Waals surface area contributed by atoms with Gasteiger partial charge in [0, 0.05) is 5.75 Å². The lowest BCUT2D eigenvalue weighted by atomic mass is 10.6. The van der Waals surface area contributed by atoms with Gasteiger partial charge in [0.15, 0.2) is 0 Å². The first kappa shape index (κ1) is 13.4. The van der Waals surface area contributed by atoms with E-state index in [1.54, 1.807) is 0 Å². The highest BCUT2D eigenvalue weighted by molar-refractivity contribution is 8.89. The van der Waals surface area contributed by atoms with Crippen molar-refractivity contribution in [2.45, 2.75) is 20.3 Å². The van der Waals surface area contributed by atoms with Crippen LogP contribution in [0.15, 0.2) is 0 Å². The minimum absolute atomic E-state index is 0.452. The van der Waals surface area contributed by atoms with Gasteiger partial charge in [-0.25, -0.2) is 0 Å². The fourth-order valence-electron chi connectivity index (χ4n) is 0.589. The Morgan fingerprint density at radius 2 is 2.15 bits per heavy atom. The molecule has 0 aromatic carbocycles. The topological polar surface area (TPSA) is 26.3 Å². The fraction of sp³-hybridized carbons (Fsp3) is 0.750. The fourth-order valence-corrected chi connectivity index (χ4v) is 6.80. The SMILES string of the molecule is C#CCSP(=O)(OCC)SCCC. The molecule has 0 amide bonds. The Morgan fingerprint density at radius 3 is 2.62 bits per heavy atom. The molecule has 0 saturated carbocycles. The van der Waals surface area contributed by atoms with Gasteiger partial charge in [-0.2, -0.15) is 0 Å². The van der Waals surface area contributed by atoms with Crippen LogP contribution in [0.1, 0.15) is 20.3 Å². The van der Waals surface area contributed by atoms with Gasteiger partial charge < -0.3 is 4.52 Å². The highest BCUT2D eigenvalue weighted by Gasteiger charge is 2.22. The first-order chi connectivity index (χ1) is 6.18. The van der Waals surface area contributed by atoms with Gasteiger partial charge in [0.25, 0.3) is 0 Å². The molecule has 0 aromatic heterocycles. The normalized spacial score (nSPS) is 14.8. The number of hydrogen-bond donors (Lipinski definition) is 0. The molecule has 2 nitrogen and oxygen atoms in total. The quantitative estimate of drug-likeness (QED) is 0.499. The Kier molecular flexibility index (Phi) is 8.09. The summed E-state index contributed by atoms with van der Waals surface area (Å²) in [5.74, 6) is 1.20. The van der Waals surface area contributed by atoms with E-state index in [0.717, 1.165) is 12.2 Å². The second-order valence-electron chi connectivity index (χ2n) is 2.18. The standard InChI is InChI=1S/C8H15O2PS2/c1-4-7-12-11(9,10-6-3)13-8-5-2/h1H,5-8H2,2-3H3. The molecule has 0 aliphatic rings. The molecule has 0 heterocycles. The van der Waals surface area contributed by atoms with E-state index in [2.05, 4.69) is 12.8 Å². The lowest BCUT2D eigenvalue weighted by Crippen LogP contribution is -1.85.